The number of carbonyl (C=O) groups is 1. The number of ether oxygens (including phenoxy) is 1. The molecule has 5 nitrogen and oxygen atoms in total. The van der Waals surface area contributed by atoms with Crippen molar-refractivity contribution in [2.45, 2.75) is 0 Å². The highest BCUT2D eigenvalue weighted by molar-refractivity contribution is 5.88. The van der Waals surface area contributed by atoms with Crippen LogP contribution in [0.3, 0.4) is 0 Å². The third kappa shape index (κ3) is 1.85. The summed E-state index contributed by atoms with van der Waals surface area (Å²) in [5.74, 6) is -0.398. The highest BCUT2D eigenvalue weighted by Gasteiger charge is 2.09. The molecule has 0 aromatic carbocycles. The van der Waals surface area contributed by atoms with E-state index in [0.29, 0.717) is 11.4 Å². The zero-order valence-electron chi connectivity index (χ0n) is 8.10. The summed E-state index contributed by atoms with van der Waals surface area (Å²) < 4.78 is 4.58. The lowest BCUT2D eigenvalue weighted by Crippen LogP contribution is -2.01. The average molecular weight is 203 g/mol. The number of methoxy groups -OCH3 is 1. The van der Waals surface area contributed by atoms with Crippen LogP contribution >= 0.6 is 0 Å². The second-order valence-corrected chi connectivity index (χ2v) is 2.87. The van der Waals surface area contributed by atoms with Crippen LogP contribution < -0.4 is 0 Å². The molecular weight excluding hydrogens is 194 g/mol. The normalized spacial score (nSPS) is 9.93. The molecule has 0 unspecified atom stereocenters. The van der Waals surface area contributed by atoms with Crippen LogP contribution in [0.5, 0.6) is 0 Å². The van der Waals surface area contributed by atoms with Crippen LogP contribution in [0.15, 0.2) is 30.7 Å². The first kappa shape index (κ1) is 9.39. The molecule has 15 heavy (non-hydrogen) atoms. The van der Waals surface area contributed by atoms with Crippen LogP contribution in [0.1, 0.15) is 10.5 Å². The zero-order chi connectivity index (χ0) is 10.7. The molecule has 2 rings (SSSR count). The fourth-order valence-electron chi connectivity index (χ4n) is 1.21. The Morgan fingerprint density at radius 2 is 2.27 bits per heavy atom. The van der Waals surface area contributed by atoms with Crippen molar-refractivity contribution in [2.24, 2.45) is 0 Å². The molecule has 0 atom stereocenters. The molecule has 0 radical (unpaired) electrons. The maximum atomic E-state index is 11.2. The van der Waals surface area contributed by atoms with E-state index < -0.39 is 5.97 Å². The Bertz CT molecular complexity index is 465. The van der Waals surface area contributed by atoms with Crippen LogP contribution in [0.25, 0.3) is 11.4 Å². The predicted octanol–water partition coefficient (Wildman–Crippen LogP) is 1.26. The summed E-state index contributed by atoms with van der Waals surface area (Å²) in [6, 6.07) is 3.41. The number of rotatable bonds is 2. The molecule has 0 saturated carbocycles. The van der Waals surface area contributed by atoms with E-state index in [9.17, 15) is 4.79 Å². The third-order valence-corrected chi connectivity index (χ3v) is 1.93. The standard InChI is InChI=1S/C10H9N3O2/c1-15-10(14)8-3-2-7(13-8)9-6-11-4-5-12-9/h2-6,13H,1H3. The Morgan fingerprint density at radius 3 is 2.93 bits per heavy atom. The lowest BCUT2D eigenvalue weighted by molar-refractivity contribution is 0.0595. The monoisotopic (exact) mass is 203 g/mol. The third-order valence-electron chi connectivity index (χ3n) is 1.93. The van der Waals surface area contributed by atoms with E-state index in [4.69, 9.17) is 0 Å². The highest BCUT2D eigenvalue weighted by atomic mass is 16.5. The Balaban J connectivity index is 2.32. The van der Waals surface area contributed by atoms with Gasteiger partial charge in [0.15, 0.2) is 0 Å². The molecule has 0 amide bonds. The van der Waals surface area contributed by atoms with Crippen molar-refractivity contribution in [3.05, 3.63) is 36.4 Å². The summed E-state index contributed by atoms with van der Waals surface area (Å²) in [6.45, 7) is 0. The van der Waals surface area contributed by atoms with Crippen LogP contribution in [0.2, 0.25) is 0 Å². The number of hydrogen-bond acceptors (Lipinski definition) is 4. The first-order chi connectivity index (χ1) is 7.31. The summed E-state index contributed by atoms with van der Waals surface area (Å²) in [7, 11) is 1.34. The number of esters is 1. The molecule has 2 aromatic rings. The van der Waals surface area contributed by atoms with Gasteiger partial charge >= 0.3 is 5.97 Å². The van der Waals surface area contributed by atoms with Gasteiger partial charge in [-0.25, -0.2) is 4.79 Å². The van der Waals surface area contributed by atoms with Crippen molar-refractivity contribution < 1.29 is 9.53 Å². The van der Waals surface area contributed by atoms with Gasteiger partial charge in [-0.1, -0.05) is 0 Å². The second kappa shape index (κ2) is 3.91. The molecule has 2 heterocycles. The lowest BCUT2D eigenvalue weighted by atomic mass is 10.3. The fourth-order valence-corrected chi connectivity index (χ4v) is 1.21. The molecular formula is C10H9N3O2. The smallest absolute Gasteiger partial charge is 0.354 e. The molecule has 0 bridgehead atoms. The van der Waals surface area contributed by atoms with E-state index in [1.165, 1.54) is 7.11 Å². The number of hydrogen-bond donors (Lipinski definition) is 1. The molecule has 0 saturated heterocycles. The first-order valence-electron chi connectivity index (χ1n) is 4.35. The van der Waals surface area contributed by atoms with Gasteiger partial charge in [0, 0.05) is 12.4 Å². The molecule has 2 aromatic heterocycles. The van der Waals surface area contributed by atoms with Gasteiger partial charge in [0.1, 0.15) is 11.4 Å². The SMILES string of the molecule is COC(=O)c1ccc(-c2cnccn2)[nH]1. The number of nitrogens with one attached hydrogen (secondary N) is 1. The fraction of sp³-hybridized carbons (Fsp3) is 0.100. The molecule has 0 aliphatic carbocycles. The lowest BCUT2D eigenvalue weighted by Gasteiger charge is -1.96. The van der Waals surface area contributed by atoms with Crippen molar-refractivity contribution in [1.82, 2.24) is 15.0 Å². The van der Waals surface area contributed by atoms with Crippen LogP contribution in [0, 0.1) is 0 Å². The maximum Gasteiger partial charge on any atom is 0.354 e. The van der Waals surface area contributed by atoms with Gasteiger partial charge in [-0.05, 0) is 12.1 Å². The molecule has 0 spiro atoms. The summed E-state index contributed by atoms with van der Waals surface area (Å²) in [4.78, 5) is 22.1. The van der Waals surface area contributed by atoms with Crippen LogP contribution in [-0.2, 0) is 4.74 Å². The topological polar surface area (TPSA) is 67.9 Å². The molecule has 0 fully saturated rings. The van der Waals surface area contributed by atoms with E-state index >= 15 is 0 Å². The molecule has 1 N–H and O–H groups in total. The van der Waals surface area contributed by atoms with E-state index in [1.54, 1.807) is 30.7 Å². The number of aromatic amines is 1. The Labute approximate surface area is 86.1 Å². The predicted molar refractivity (Wildman–Crippen MR) is 53.2 cm³/mol. The van der Waals surface area contributed by atoms with E-state index in [-0.39, 0.29) is 0 Å². The number of carbonyl (C=O) groups excluding carboxylic acids is 1. The minimum atomic E-state index is -0.398. The van der Waals surface area contributed by atoms with E-state index in [0.717, 1.165) is 5.69 Å². The molecule has 5 heteroatoms. The Kier molecular flexibility index (Phi) is 2.45. The largest absolute Gasteiger partial charge is 0.464 e. The van der Waals surface area contributed by atoms with Crippen molar-refractivity contribution in [3.63, 3.8) is 0 Å². The van der Waals surface area contributed by atoms with Gasteiger partial charge < -0.3 is 9.72 Å². The van der Waals surface area contributed by atoms with Crippen molar-refractivity contribution in [2.75, 3.05) is 7.11 Å². The van der Waals surface area contributed by atoms with Gasteiger partial charge in [-0.3, -0.25) is 9.97 Å². The summed E-state index contributed by atoms with van der Waals surface area (Å²) in [5, 5.41) is 0. The summed E-state index contributed by atoms with van der Waals surface area (Å²) >= 11 is 0. The van der Waals surface area contributed by atoms with E-state index in [2.05, 4.69) is 19.7 Å². The maximum absolute atomic E-state index is 11.2. The first-order valence-corrected chi connectivity index (χ1v) is 4.35. The van der Waals surface area contributed by atoms with Crippen molar-refractivity contribution in [3.8, 4) is 11.4 Å². The van der Waals surface area contributed by atoms with Crippen molar-refractivity contribution in [1.29, 1.82) is 0 Å². The van der Waals surface area contributed by atoms with E-state index in [1.807, 2.05) is 0 Å². The van der Waals surface area contributed by atoms with Crippen LogP contribution in [0.4, 0.5) is 0 Å². The summed E-state index contributed by atoms with van der Waals surface area (Å²) in [5.41, 5.74) is 1.83. The minimum Gasteiger partial charge on any atom is -0.464 e. The molecule has 76 valence electrons. The molecule has 0 aliphatic rings. The minimum absolute atomic E-state index is 0.398. The quantitative estimate of drug-likeness (QED) is 0.746. The number of nitrogens with zero attached hydrogens (tertiary/aromatic N) is 2. The van der Waals surface area contributed by atoms with Crippen LogP contribution in [-0.4, -0.2) is 28.0 Å². The Hall–Kier alpha value is -2.17. The zero-order valence-corrected chi connectivity index (χ0v) is 8.10. The van der Waals surface area contributed by atoms with Gasteiger partial charge in [-0.2, -0.15) is 0 Å². The highest BCUT2D eigenvalue weighted by Crippen LogP contribution is 2.14. The second-order valence-electron chi connectivity index (χ2n) is 2.87. The van der Waals surface area contributed by atoms with Crippen molar-refractivity contribution >= 4 is 5.97 Å². The summed E-state index contributed by atoms with van der Waals surface area (Å²) in [6.07, 6.45) is 4.80. The van der Waals surface area contributed by atoms with Gasteiger partial charge in [0.05, 0.1) is 19.0 Å². The van der Waals surface area contributed by atoms with Gasteiger partial charge in [-0.15, -0.1) is 0 Å². The van der Waals surface area contributed by atoms with Gasteiger partial charge in [0.2, 0.25) is 0 Å². The van der Waals surface area contributed by atoms with Gasteiger partial charge in [0.25, 0.3) is 0 Å². The molecule has 0 aliphatic heterocycles. The number of aromatic nitrogens is 3. The average Bonchev–Trinajstić information content (AvgIpc) is 2.78. The Morgan fingerprint density at radius 1 is 1.40 bits per heavy atom. The number of H-pyrrole nitrogens is 1.